The summed E-state index contributed by atoms with van der Waals surface area (Å²) in [6.07, 6.45) is 1.20. The quantitative estimate of drug-likeness (QED) is 0.736. The number of benzene rings is 1. The van der Waals surface area contributed by atoms with Crippen molar-refractivity contribution in [1.82, 2.24) is 9.62 Å². The van der Waals surface area contributed by atoms with Crippen molar-refractivity contribution in [2.24, 2.45) is 0 Å². The molecule has 140 valence electrons. The molecule has 1 aliphatic rings. The Kier molecular flexibility index (Phi) is 6.23. The molecule has 1 N–H and O–H groups in total. The van der Waals surface area contributed by atoms with Gasteiger partial charge >= 0.3 is 0 Å². The lowest BCUT2D eigenvalue weighted by Crippen LogP contribution is -2.46. The zero-order valence-electron chi connectivity index (χ0n) is 14.4. The van der Waals surface area contributed by atoms with E-state index < -0.39 is 25.8 Å². The molecule has 0 radical (unpaired) electrons. The Morgan fingerprint density at radius 2 is 1.88 bits per heavy atom. The standard InChI is InChI=1S/C16H24N2O5S2/c1-3-13-5-7-15(8-6-13)25(22,23)17-11-16(19)18(4-2)14-9-10-24(20,21)12-14/h5-8,14,17H,3-4,9-12H2,1-2H3. The molecule has 7 nitrogen and oxygen atoms in total. The highest BCUT2D eigenvalue weighted by Gasteiger charge is 2.34. The van der Waals surface area contributed by atoms with Crippen molar-refractivity contribution in [3.8, 4) is 0 Å². The van der Waals surface area contributed by atoms with E-state index in [1.807, 2.05) is 6.92 Å². The van der Waals surface area contributed by atoms with Crippen LogP contribution in [0.15, 0.2) is 29.2 Å². The lowest BCUT2D eigenvalue weighted by Gasteiger charge is -2.27. The van der Waals surface area contributed by atoms with Crippen LogP contribution in [0.25, 0.3) is 0 Å². The molecule has 0 aromatic heterocycles. The van der Waals surface area contributed by atoms with Crippen LogP contribution in [0.5, 0.6) is 0 Å². The van der Waals surface area contributed by atoms with Gasteiger partial charge in [-0.3, -0.25) is 4.79 Å². The van der Waals surface area contributed by atoms with Gasteiger partial charge in [-0.1, -0.05) is 19.1 Å². The maximum Gasteiger partial charge on any atom is 0.241 e. The third-order valence-electron chi connectivity index (χ3n) is 4.37. The number of rotatable bonds is 7. The first-order valence-corrected chi connectivity index (χ1v) is 11.6. The fourth-order valence-corrected chi connectivity index (χ4v) is 5.61. The van der Waals surface area contributed by atoms with Gasteiger partial charge in [-0.25, -0.2) is 21.6 Å². The normalized spacial score (nSPS) is 19.7. The van der Waals surface area contributed by atoms with Crippen molar-refractivity contribution >= 4 is 25.8 Å². The van der Waals surface area contributed by atoms with Crippen molar-refractivity contribution in [3.63, 3.8) is 0 Å². The topological polar surface area (TPSA) is 101 Å². The monoisotopic (exact) mass is 388 g/mol. The van der Waals surface area contributed by atoms with Crippen LogP contribution < -0.4 is 4.72 Å². The Labute approximate surface area is 149 Å². The zero-order valence-corrected chi connectivity index (χ0v) is 16.1. The van der Waals surface area contributed by atoms with E-state index in [9.17, 15) is 21.6 Å². The first kappa shape index (κ1) is 19.9. The Bertz CT molecular complexity index is 817. The highest BCUT2D eigenvalue weighted by atomic mass is 32.2. The van der Waals surface area contributed by atoms with Gasteiger partial charge in [0.15, 0.2) is 9.84 Å². The van der Waals surface area contributed by atoms with Crippen LogP contribution in [0.2, 0.25) is 0 Å². The molecule has 25 heavy (non-hydrogen) atoms. The highest BCUT2D eigenvalue weighted by Crippen LogP contribution is 2.18. The van der Waals surface area contributed by atoms with E-state index in [0.29, 0.717) is 13.0 Å². The number of carbonyl (C=O) groups is 1. The summed E-state index contributed by atoms with van der Waals surface area (Å²) in [5, 5.41) is 0. The number of nitrogens with zero attached hydrogens (tertiary/aromatic N) is 1. The lowest BCUT2D eigenvalue weighted by molar-refractivity contribution is -0.131. The van der Waals surface area contributed by atoms with E-state index in [4.69, 9.17) is 0 Å². The van der Waals surface area contributed by atoms with Crippen molar-refractivity contribution in [2.75, 3.05) is 24.6 Å². The maximum atomic E-state index is 12.4. The minimum Gasteiger partial charge on any atom is -0.338 e. The number of likely N-dealkylation sites (N-methyl/N-ethyl adjacent to an activating group) is 1. The summed E-state index contributed by atoms with van der Waals surface area (Å²) < 4.78 is 50.1. The lowest BCUT2D eigenvalue weighted by atomic mass is 10.2. The molecule has 1 heterocycles. The van der Waals surface area contributed by atoms with Gasteiger partial charge in [0.25, 0.3) is 0 Å². The summed E-state index contributed by atoms with van der Waals surface area (Å²) in [6, 6.07) is 6.10. The number of carbonyl (C=O) groups excluding carboxylic acids is 1. The molecule has 1 saturated heterocycles. The third-order valence-corrected chi connectivity index (χ3v) is 7.53. The van der Waals surface area contributed by atoms with Crippen molar-refractivity contribution in [1.29, 1.82) is 0 Å². The number of hydrogen-bond donors (Lipinski definition) is 1. The van der Waals surface area contributed by atoms with Crippen LogP contribution in [0.1, 0.15) is 25.8 Å². The number of hydrogen-bond acceptors (Lipinski definition) is 5. The van der Waals surface area contributed by atoms with Crippen LogP contribution in [-0.4, -0.2) is 58.3 Å². The van der Waals surface area contributed by atoms with Gasteiger partial charge in [0.05, 0.1) is 22.9 Å². The van der Waals surface area contributed by atoms with E-state index in [-0.39, 0.29) is 29.0 Å². The molecular formula is C16H24N2O5S2. The third kappa shape index (κ3) is 5.02. The molecule has 1 aliphatic heterocycles. The summed E-state index contributed by atoms with van der Waals surface area (Å²) in [5.41, 5.74) is 1.02. The van der Waals surface area contributed by atoms with Gasteiger partial charge in [-0.2, -0.15) is 0 Å². The molecule has 1 atom stereocenters. The fraction of sp³-hybridized carbons (Fsp3) is 0.562. The highest BCUT2D eigenvalue weighted by molar-refractivity contribution is 7.91. The maximum absolute atomic E-state index is 12.4. The number of sulfone groups is 1. The van der Waals surface area contributed by atoms with Crippen LogP contribution >= 0.6 is 0 Å². The predicted molar refractivity (Wildman–Crippen MR) is 95.5 cm³/mol. The summed E-state index contributed by atoms with van der Waals surface area (Å²) in [5.74, 6) is -0.409. The number of nitrogens with one attached hydrogen (secondary N) is 1. The molecule has 1 unspecified atom stereocenters. The second-order valence-corrected chi connectivity index (χ2v) is 10.1. The van der Waals surface area contributed by atoms with Crippen LogP contribution in [0.4, 0.5) is 0 Å². The van der Waals surface area contributed by atoms with Crippen LogP contribution in [-0.2, 0) is 31.1 Å². The Hall–Kier alpha value is -1.45. The molecule has 0 saturated carbocycles. The summed E-state index contributed by atoms with van der Waals surface area (Å²) in [7, 11) is -6.89. The molecule has 2 rings (SSSR count). The second kappa shape index (κ2) is 7.84. The van der Waals surface area contributed by atoms with E-state index in [1.165, 1.54) is 17.0 Å². The Morgan fingerprint density at radius 3 is 2.36 bits per heavy atom. The van der Waals surface area contributed by atoms with E-state index in [0.717, 1.165) is 12.0 Å². The van der Waals surface area contributed by atoms with Gasteiger partial charge < -0.3 is 4.90 Å². The molecule has 0 spiro atoms. The molecule has 1 fully saturated rings. The summed E-state index contributed by atoms with van der Waals surface area (Å²) in [4.78, 5) is 13.9. The molecular weight excluding hydrogens is 364 g/mol. The van der Waals surface area contributed by atoms with Crippen molar-refractivity contribution < 1.29 is 21.6 Å². The Balaban J connectivity index is 2.01. The fourth-order valence-electron chi connectivity index (χ4n) is 2.91. The molecule has 1 amide bonds. The van der Waals surface area contributed by atoms with Crippen LogP contribution in [0, 0.1) is 0 Å². The van der Waals surface area contributed by atoms with Gasteiger partial charge in [-0.15, -0.1) is 0 Å². The molecule has 0 aliphatic carbocycles. The van der Waals surface area contributed by atoms with Gasteiger partial charge in [-0.05, 0) is 37.5 Å². The van der Waals surface area contributed by atoms with E-state index in [2.05, 4.69) is 4.72 Å². The number of aryl methyl sites for hydroxylation is 1. The largest absolute Gasteiger partial charge is 0.338 e. The minimum absolute atomic E-state index is 0.0577. The van der Waals surface area contributed by atoms with Gasteiger partial charge in [0.2, 0.25) is 15.9 Å². The first-order valence-electron chi connectivity index (χ1n) is 8.27. The van der Waals surface area contributed by atoms with E-state index in [1.54, 1.807) is 19.1 Å². The van der Waals surface area contributed by atoms with Crippen molar-refractivity contribution in [3.05, 3.63) is 29.8 Å². The summed E-state index contributed by atoms with van der Waals surface area (Å²) >= 11 is 0. The average Bonchev–Trinajstić information content (AvgIpc) is 2.93. The summed E-state index contributed by atoms with van der Waals surface area (Å²) in [6.45, 7) is 3.68. The molecule has 1 aromatic carbocycles. The van der Waals surface area contributed by atoms with Gasteiger partial charge in [0.1, 0.15) is 0 Å². The Morgan fingerprint density at radius 1 is 1.24 bits per heavy atom. The SMILES string of the molecule is CCc1ccc(S(=O)(=O)NCC(=O)N(CC)C2CCS(=O)(=O)C2)cc1. The first-order chi connectivity index (χ1) is 11.7. The average molecular weight is 389 g/mol. The zero-order chi connectivity index (χ0) is 18.7. The molecule has 0 bridgehead atoms. The second-order valence-electron chi connectivity index (χ2n) is 6.06. The molecule has 1 aromatic rings. The molecule has 9 heteroatoms. The minimum atomic E-state index is -3.78. The number of amides is 1. The van der Waals surface area contributed by atoms with E-state index >= 15 is 0 Å². The van der Waals surface area contributed by atoms with Crippen LogP contribution in [0.3, 0.4) is 0 Å². The van der Waals surface area contributed by atoms with Crippen molar-refractivity contribution in [2.45, 2.75) is 37.6 Å². The number of sulfonamides is 1. The smallest absolute Gasteiger partial charge is 0.241 e. The van der Waals surface area contributed by atoms with Gasteiger partial charge in [0, 0.05) is 12.6 Å². The predicted octanol–water partition coefficient (Wildman–Crippen LogP) is 0.563.